The van der Waals surface area contributed by atoms with E-state index in [1.807, 2.05) is 4.90 Å². The molecule has 0 saturated carbocycles. The maximum Gasteiger partial charge on any atom is 0.261 e. The second-order valence-corrected chi connectivity index (χ2v) is 6.87. The van der Waals surface area contributed by atoms with Gasteiger partial charge in [0.2, 0.25) is 5.88 Å². The summed E-state index contributed by atoms with van der Waals surface area (Å²) in [6.45, 7) is 3.77. The van der Waals surface area contributed by atoms with Gasteiger partial charge in [0.25, 0.3) is 5.91 Å². The fourth-order valence-corrected chi connectivity index (χ4v) is 4.04. The number of benzene rings is 1. The van der Waals surface area contributed by atoms with Crippen LogP contribution in [0, 0.1) is 0 Å². The van der Waals surface area contributed by atoms with Crippen LogP contribution in [0.1, 0.15) is 34.3 Å². The molecule has 4 rings (SSSR count). The number of nitrogens with zero attached hydrogens (tertiary/aromatic N) is 3. The lowest BCUT2D eigenvalue weighted by Gasteiger charge is -2.34. The van der Waals surface area contributed by atoms with Gasteiger partial charge in [-0.05, 0) is 30.4 Å². The highest BCUT2D eigenvalue weighted by Gasteiger charge is 2.33. The van der Waals surface area contributed by atoms with E-state index in [4.69, 9.17) is 4.74 Å². The Morgan fingerprint density at radius 1 is 1.32 bits per heavy atom. The SMILES string of the molecule is COc1[nH]ncc1C(=O)N1CCCC1CN1CCc2ccccc2C1. The van der Waals surface area contributed by atoms with Gasteiger partial charge < -0.3 is 9.64 Å². The number of amides is 1. The molecule has 1 unspecified atom stereocenters. The summed E-state index contributed by atoms with van der Waals surface area (Å²) >= 11 is 0. The second kappa shape index (κ2) is 6.88. The molecule has 1 saturated heterocycles. The van der Waals surface area contributed by atoms with Gasteiger partial charge in [-0.15, -0.1) is 0 Å². The fraction of sp³-hybridized carbons (Fsp3) is 0.474. The number of carbonyl (C=O) groups excluding carboxylic acids is 1. The summed E-state index contributed by atoms with van der Waals surface area (Å²) in [5.74, 6) is 0.466. The van der Waals surface area contributed by atoms with E-state index >= 15 is 0 Å². The molecule has 0 spiro atoms. The van der Waals surface area contributed by atoms with Crippen molar-refractivity contribution in [3.63, 3.8) is 0 Å². The van der Waals surface area contributed by atoms with E-state index in [-0.39, 0.29) is 11.9 Å². The first-order valence-corrected chi connectivity index (χ1v) is 8.93. The van der Waals surface area contributed by atoms with Crippen LogP contribution in [0.15, 0.2) is 30.5 Å². The quantitative estimate of drug-likeness (QED) is 0.926. The van der Waals surface area contributed by atoms with E-state index < -0.39 is 0 Å². The summed E-state index contributed by atoms with van der Waals surface area (Å²) in [4.78, 5) is 17.4. The summed E-state index contributed by atoms with van der Waals surface area (Å²) in [5.41, 5.74) is 3.40. The molecular formula is C19H24N4O2. The predicted molar refractivity (Wildman–Crippen MR) is 94.6 cm³/mol. The number of H-pyrrole nitrogens is 1. The van der Waals surface area contributed by atoms with Gasteiger partial charge >= 0.3 is 0 Å². The summed E-state index contributed by atoms with van der Waals surface area (Å²) in [6, 6.07) is 8.93. The summed E-state index contributed by atoms with van der Waals surface area (Å²) in [5, 5.41) is 6.68. The van der Waals surface area contributed by atoms with Crippen molar-refractivity contribution >= 4 is 5.91 Å². The van der Waals surface area contributed by atoms with Gasteiger partial charge in [0.05, 0.1) is 13.3 Å². The molecule has 0 bridgehead atoms. The van der Waals surface area contributed by atoms with E-state index in [2.05, 4.69) is 39.4 Å². The average Bonchev–Trinajstić information content (AvgIpc) is 3.30. The second-order valence-electron chi connectivity index (χ2n) is 6.87. The van der Waals surface area contributed by atoms with Crippen molar-refractivity contribution in [3.05, 3.63) is 47.2 Å². The lowest BCUT2D eigenvalue weighted by molar-refractivity contribution is 0.0690. The van der Waals surface area contributed by atoms with Gasteiger partial charge in [-0.2, -0.15) is 5.10 Å². The normalized spacial score (nSPS) is 20.5. The summed E-state index contributed by atoms with van der Waals surface area (Å²) in [7, 11) is 1.55. The third-order valence-corrected chi connectivity index (χ3v) is 5.36. The number of nitrogens with one attached hydrogen (secondary N) is 1. The third-order valence-electron chi connectivity index (χ3n) is 5.36. The van der Waals surface area contributed by atoms with Crippen molar-refractivity contribution in [3.8, 4) is 5.88 Å². The topological polar surface area (TPSA) is 61.5 Å². The molecule has 6 nitrogen and oxygen atoms in total. The van der Waals surface area contributed by atoms with E-state index in [0.717, 1.165) is 45.4 Å². The molecule has 1 amide bonds. The van der Waals surface area contributed by atoms with Crippen LogP contribution >= 0.6 is 0 Å². The van der Waals surface area contributed by atoms with Gasteiger partial charge in [-0.3, -0.25) is 9.69 Å². The number of fused-ring (bicyclic) bond motifs is 1. The maximum atomic E-state index is 12.9. The van der Waals surface area contributed by atoms with Gasteiger partial charge in [0.1, 0.15) is 5.56 Å². The molecule has 6 heteroatoms. The Morgan fingerprint density at radius 2 is 2.16 bits per heavy atom. The molecule has 0 aliphatic carbocycles. The summed E-state index contributed by atoms with van der Waals surface area (Å²) < 4.78 is 5.21. The van der Waals surface area contributed by atoms with Crippen LogP contribution in [0.25, 0.3) is 0 Å². The average molecular weight is 340 g/mol. The van der Waals surface area contributed by atoms with Crippen LogP contribution in [0.2, 0.25) is 0 Å². The molecule has 3 heterocycles. The highest BCUT2D eigenvalue weighted by Crippen LogP contribution is 2.26. The highest BCUT2D eigenvalue weighted by molar-refractivity contribution is 5.96. The first kappa shape index (κ1) is 16.1. The van der Waals surface area contributed by atoms with E-state index in [0.29, 0.717) is 11.4 Å². The number of ether oxygens (including phenoxy) is 1. The highest BCUT2D eigenvalue weighted by atomic mass is 16.5. The van der Waals surface area contributed by atoms with E-state index in [1.54, 1.807) is 13.3 Å². The molecule has 2 aliphatic heterocycles. The molecular weight excluding hydrogens is 316 g/mol. The number of hydrogen-bond donors (Lipinski definition) is 1. The van der Waals surface area contributed by atoms with Crippen LogP contribution in [0.5, 0.6) is 5.88 Å². The Kier molecular flexibility index (Phi) is 4.44. The Labute approximate surface area is 147 Å². The van der Waals surface area contributed by atoms with Crippen LogP contribution in [-0.2, 0) is 13.0 Å². The number of rotatable bonds is 4. The minimum Gasteiger partial charge on any atom is -0.481 e. The van der Waals surface area contributed by atoms with Crippen LogP contribution in [0.3, 0.4) is 0 Å². The van der Waals surface area contributed by atoms with E-state index in [9.17, 15) is 4.79 Å². The van der Waals surface area contributed by atoms with Crippen molar-refractivity contribution in [2.75, 3.05) is 26.7 Å². The monoisotopic (exact) mass is 340 g/mol. The molecule has 1 atom stereocenters. The van der Waals surface area contributed by atoms with Crippen molar-refractivity contribution in [2.24, 2.45) is 0 Å². The van der Waals surface area contributed by atoms with Crippen molar-refractivity contribution in [1.29, 1.82) is 0 Å². The minimum atomic E-state index is 0.0190. The molecule has 1 N–H and O–H groups in total. The standard InChI is InChI=1S/C19H24N4O2/c1-25-18-17(11-20-21-18)19(24)23-9-4-7-16(23)13-22-10-8-14-5-2-3-6-15(14)12-22/h2-3,5-6,11,16H,4,7-10,12-13H2,1H3,(H,20,21). The number of carbonyl (C=O) groups is 1. The molecule has 2 aromatic rings. The zero-order chi connectivity index (χ0) is 17.2. The fourth-order valence-electron chi connectivity index (χ4n) is 4.04. The number of methoxy groups -OCH3 is 1. The van der Waals surface area contributed by atoms with Crippen LogP contribution in [-0.4, -0.2) is 58.7 Å². The van der Waals surface area contributed by atoms with Gasteiger partial charge in [-0.1, -0.05) is 24.3 Å². The molecule has 1 aromatic heterocycles. The van der Waals surface area contributed by atoms with Crippen molar-refractivity contribution in [2.45, 2.75) is 31.8 Å². The van der Waals surface area contributed by atoms with Crippen molar-refractivity contribution < 1.29 is 9.53 Å². The Bertz CT molecular complexity index is 757. The largest absolute Gasteiger partial charge is 0.481 e. The van der Waals surface area contributed by atoms with Gasteiger partial charge in [0, 0.05) is 32.2 Å². The first-order valence-electron chi connectivity index (χ1n) is 8.93. The molecule has 0 radical (unpaired) electrons. The molecule has 2 aliphatic rings. The zero-order valence-corrected chi connectivity index (χ0v) is 14.6. The summed E-state index contributed by atoms with van der Waals surface area (Å²) in [6.07, 6.45) is 4.77. The van der Waals surface area contributed by atoms with Gasteiger partial charge in [-0.25, -0.2) is 5.10 Å². The number of likely N-dealkylation sites (tertiary alicyclic amines) is 1. The maximum absolute atomic E-state index is 12.9. The lowest BCUT2D eigenvalue weighted by atomic mass is 9.99. The smallest absolute Gasteiger partial charge is 0.261 e. The molecule has 132 valence electrons. The Morgan fingerprint density at radius 3 is 3.00 bits per heavy atom. The van der Waals surface area contributed by atoms with Crippen LogP contribution in [0.4, 0.5) is 0 Å². The number of aromatic amines is 1. The minimum absolute atomic E-state index is 0.0190. The Balaban J connectivity index is 1.45. The van der Waals surface area contributed by atoms with Crippen LogP contribution < -0.4 is 4.74 Å². The lowest BCUT2D eigenvalue weighted by Crippen LogP contribution is -2.44. The molecule has 1 aromatic carbocycles. The molecule has 1 fully saturated rings. The third kappa shape index (κ3) is 3.14. The Hall–Kier alpha value is -2.34. The zero-order valence-electron chi connectivity index (χ0n) is 14.6. The molecule has 25 heavy (non-hydrogen) atoms. The predicted octanol–water partition coefficient (Wildman–Crippen LogP) is 2.08. The van der Waals surface area contributed by atoms with Crippen molar-refractivity contribution in [1.82, 2.24) is 20.0 Å². The first-order chi connectivity index (χ1) is 12.3. The van der Waals surface area contributed by atoms with Gasteiger partial charge in [0.15, 0.2) is 0 Å². The number of aromatic nitrogens is 2. The van der Waals surface area contributed by atoms with E-state index in [1.165, 1.54) is 11.1 Å². The number of hydrogen-bond acceptors (Lipinski definition) is 4.